The number of carboxylic acid groups (broad SMARTS) is 4. The summed E-state index contributed by atoms with van der Waals surface area (Å²) in [6.45, 7) is 3.01. The molecular formula is C43H53BF2N8O8S. The summed E-state index contributed by atoms with van der Waals surface area (Å²) in [6, 6.07) is 16.1. The number of rotatable bonds is 13. The van der Waals surface area contributed by atoms with Crippen LogP contribution in [0, 0.1) is 13.8 Å². The number of nitrogens with zero attached hydrogens (tertiary/aromatic N) is 6. The third-order valence-corrected chi connectivity index (χ3v) is 11.8. The minimum Gasteiger partial charge on any atom is -0.480 e. The highest BCUT2D eigenvalue weighted by Crippen LogP contribution is 2.44. The van der Waals surface area contributed by atoms with Crippen LogP contribution in [0.3, 0.4) is 0 Å². The molecule has 3 aliphatic heterocycles. The van der Waals surface area contributed by atoms with Crippen LogP contribution in [-0.4, -0.2) is 169 Å². The van der Waals surface area contributed by atoms with Crippen LogP contribution in [0.4, 0.5) is 20.0 Å². The Kier molecular flexibility index (Phi) is 14.6. The molecule has 1 saturated heterocycles. The van der Waals surface area contributed by atoms with Crippen molar-refractivity contribution in [1.82, 2.24) is 24.1 Å². The minimum atomic E-state index is -4.09. The van der Waals surface area contributed by atoms with Crippen LogP contribution >= 0.6 is 12.2 Å². The molecule has 0 radical (unpaired) electrons. The number of hydrogen-bond donors (Lipinski definition) is 6. The smallest absolute Gasteiger partial charge is 0.480 e. The Morgan fingerprint density at radius 1 is 0.730 bits per heavy atom. The second kappa shape index (κ2) is 19.7. The molecule has 6 N–H and O–H groups in total. The first-order valence-electron chi connectivity index (χ1n) is 20.6. The van der Waals surface area contributed by atoms with Crippen LogP contribution in [-0.2, 0) is 25.6 Å². The van der Waals surface area contributed by atoms with Crippen molar-refractivity contribution in [1.29, 1.82) is 0 Å². The summed E-state index contributed by atoms with van der Waals surface area (Å²) in [5.74, 6) is -4.32. The fourth-order valence-corrected chi connectivity index (χ4v) is 9.17. The van der Waals surface area contributed by atoms with E-state index in [0.717, 1.165) is 27.8 Å². The zero-order valence-electron chi connectivity index (χ0n) is 35.7. The van der Waals surface area contributed by atoms with Crippen LogP contribution in [0.1, 0.15) is 41.9 Å². The largest absolute Gasteiger partial charge is 0.737 e. The molecular weight excluding hydrogens is 837 g/mol. The van der Waals surface area contributed by atoms with E-state index < -0.39 is 36.9 Å². The van der Waals surface area contributed by atoms with E-state index in [1.54, 1.807) is 45.6 Å². The van der Waals surface area contributed by atoms with Crippen molar-refractivity contribution in [3.8, 4) is 0 Å². The molecule has 20 heteroatoms. The van der Waals surface area contributed by atoms with Crippen molar-refractivity contribution in [2.45, 2.75) is 40.2 Å². The Labute approximate surface area is 369 Å². The number of hydrogen-bond acceptors (Lipinski definition) is 9. The molecule has 0 amide bonds. The van der Waals surface area contributed by atoms with Gasteiger partial charge in [0.15, 0.2) is 10.8 Å². The van der Waals surface area contributed by atoms with E-state index in [2.05, 4.69) is 10.6 Å². The van der Waals surface area contributed by atoms with Gasteiger partial charge in [-0.1, -0.05) is 24.3 Å². The molecule has 4 heterocycles. The number of aryl methyl sites for hydroxylation is 2. The van der Waals surface area contributed by atoms with Gasteiger partial charge in [-0.15, -0.1) is 0 Å². The van der Waals surface area contributed by atoms with Crippen molar-refractivity contribution in [2.75, 3.05) is 82.6 Å². The number of carbonyl (C=O) groups is 4. The van der Waals surface area contributed by atoms with E-state index in [-0.39, 0.29) is 72.0 Å². The summed E-state index contributed by atoms with van der Waals surface area (Å²) in [5.41, 5.74) is 7.15. The number of anilines is 2. The van der Waals surface area contributed by atoms with E-state index in [1.807, 2.05) is 62.4 Å². The number of fused-ring (bicyclic) bond motifs is 2. The molecule has 336 valence electrons. The lowest BCUT2D eigenvalue weighted by Gasteiger charge is -2.37. The van der Waals surface area contributed by atoms with Gasteiger partial charge in [-0.25, -0.2) is 0 Å². The number of carboxylic acids is 4. The van der Waals surface area contributed by atoms with Crippen molar-refractivity contribution in [3.05, 3.63) is 100 Å². The summed E-state index contributed by atoms with van der Waals surface area (Å²) >= 11 is 5.64. The van der Waals surface area contributed by atoms with E-state index in [4.69, 9.17) is 12.2 Å². The topological polar surface area (TPSA) is 194 Å². The number of thiocarbonyl (C=S) groups is 1. The number of halogens is 2. The molecule has 2 aromatic carbocycles. The fourth-order valence-electron chi connectivity index (χ4n) is 8.94. The molecule has 16 nitrogen and oxygen atoms in total. The number of nitrogens with one attached hydrogen (secondary N) is 2. The predicted octanol–water partition coefficient (Wildman–Crippen LogP) is 3.81. The van der Waals surface area contributed by atoms with E-state index in [0.29, 0.717) is 45.7 Å². The monoisotopic (exact) mass is 890 g/mol. The van der Waals surface area contributed by atoms with E-state index in [1.165, 1.54) is 8.96 Å². The Balaban J connectivity index is 1.17. The first kappa shape index (κ1) is 46.7. The van der Waals surface area contributed by atoms with Gasteiger partial charge in [0.1, 0.15) is 5.71 Å². The molecule has 0 aliphatic carbocycles. The second-order valence-corrected chi connectivity index (χ2v) is 16.8. The second-order valence-electron chi connectivity index (χ2n) is 16.4. The molecule has 0 saturated carbocycles. The van der Waals surface area contributed by atoms with Crippen molar-refractivity contribution < 1.29 is 52.7 Å². The molecule has 1 aromatic heterocycles. The molecule has 63 heavy (non-hydrogen) atoms. The Morgan fingerprint density at radius 3 is 1.76 bits per heavy atom. The van der Waals surface area contributed by atoms with E-state index in [9.17, 15) is 39.6 Å². The Morgan fingerprint density at radius 2 is 1.22 bits per heavy atom. The first-order chi connectivity index (χ1) is 29.8. The fraction of sp³-hybridized carbons (Fsp3) is 0.395. The van der Waals surface area contributed by atoms with Crippen LogP contribution in [0.15, 0.2) is 71.9 Å². The molecule has 3 aliphatic rings. The standard InChI is InChI=1S/C43H53BF2N8O8S/c1-27-19-29(3)53-41(27)40(42-28(2)20-30(4)54(42)44(53,45)46)32-7-11-34(12-8-32)48-43(63)47-33-9-5-31(6-10-33)21-35-22-51(25-38(59)60)16-15-49(23-36(55)56)13-14-50(24-37(57)58)17-18-52(35)26-39(61)62/h5-12,19-20,35H,13-18,21-26H2,1-4H3,(H,55,56)(H,57,58)(H,59,60)(H,61,62)(H2,47,48,63). The maximum Gasteiger partial charge on any atom is 0.737 e. The van der Waals surface area contributed by atoms with Gasteiger partial charge in [0.05, 0.1) is 31.8 Å². The Hall–Kier alpha value is -5.80. The Bertz CT molecular complexity index is 2370. The van der Waals surface area contributed by atoms with Gasteiger partial charge < -0.3 is 48.7 Å². The summed E-state index contributed by atoms with van der Waals surface area (Å²) in [5, 5.41) is 45.4. The van der Waals surface area contributed by atoms with Gasteiger partial charge in [-0.3, -0.25) is 38.8 Å². The SMILES string of the molecule is CC1=CC(C)=[N+]2C1=C(c1ccc(NC(=S)Nc3ccc(CC4CN(CC(=O)O)CCN(CC(=O)O)CCN(CC(=O)O)CCN4CC(=O)O)cc3)cc1)c1c(C)cc(C)n1[B-]2(F)F. The van der Waals surface area contributed by atoms with Crippen molar-refractivity contribution >= 4 is 70.8 Å². The number of benzene rings is 2. The van der Waals surface area contributed by atoms with Crippen LogP contribution in [0.5, 0.6) is 0 Å². The molecule has 1 fully saturated rings. The first-order valence-corrected chi connectivity index (χ1v) is 21.0. The van der Waals surface area contributed by atoms with Crippen molar-refractivity contribution in [2.24, 2.45) is 0 Å². The quantitative estimate of drug-likeness (QED) is 0.107. The minimum absolute atomic E-state index is 0.150. The number of allylic oxidation sites excluding steroid dienone is 2. The lowest BCUT2D eigenvalue weighted by atomic mass is 9.84. The molecule has 3 aromatic rings. The summed E-state index contributed by atoms with van der Waals surface area (Å²) < 4.78 is 34.5. The number of aromatic nitrogens is 1. The highest BCUT2D eigenvalue weighted by molar-refractivity contribution is 7.80. The number of aliphatic carboxylic acids is 4. The zero-order chi connectivity index (χ0) is 45.7. The summed E-state index contributed by atoms with van der Waals surface area (Å²) in [4.78, 5) is 54.1. The van der Waals surface area contributed by atoms with Gasteiger partial charge in [0.25, 0.3) is 0 Å². The predicted molar refractivity (Wildman–Crippen MR) is 240 cm³/mol. The average Bonchev–Trinajstić information content (AvgIpc) is 3.67. The zero-order valence-corrected chi connectivity index (χ0v) is 36.5. The van der Waals surface area contributed by atoms with Gasteiger partial charge in [-0.2, -0.15) is 0 Å². The molecule has 0 bridgehead atoms. The van der Waals surface area contributed by atoms with Crippen LogP contribution in [0.25, 0.3) is 5.57 Å². The average molecular weight is 891 g/mol. The van der Waals surface area contributed by atoms with Gasteiger partial charge >= 0.3 is 30.8 Å². The lowest BCUT2D eigenvalue weighted by Crippen LogP contribution is -2.53. The summed E-state index contributed by atoms with van der Waals surface area (Å²) in [7, 11) is 0. The normalized spacial score (nSPS) is 19.1. The molecule has 6 rings (SSSR count). The highest BCUT2D eigenvalue weighted by Gasteiger charge is 2.55. The van der Waals surface area contributed by atoms with Gasteiger partial charge in [0.2, 0.25) is 0 Å². The lowest BCUT2D eigenvalue weighted by molar-refractivity contribution is -0.363. The molecule has 0 spiro atoms. The van der Waals surface area contributed by atoms with Crippen LogP contribution < -0.4 is 10.6 Å². The third kappa shape index (κ3) is 11.2. The van der Waals surface area contributed by atoms with Crippen molar-refractivity contribution in [3.63, 3.8) is 0 Å². The molecule has 1 unspecified atom stereocenters. The van der Waals surface area contributed by atoms with Gasteiger partial charge in [0, 0.05) is 87.5 Å². The highest BCUT2D eigenvalue weighted by atomic mass is 32.1. The maximum atomic E-state index is 16.1. The third-order valence-electron chi connectivity index (χ3n) is 11.6. The van der Waals surface area contributed by atoms with Crippen LogP contribution in [0.2, 0.25) is 0 Å². The summed E-state index contributed by atoms with van der Waals surface area (Å²) in [6.07, 6.45) is 2.11. The van der Waals surface area contributed by atoms with E-state index >= 15 is 8.63 Å². The molecule has 1 atom stereocenters. The maximum absolute atomic E-state index is 16.1. The van der Waals surface area contributed by atoms with Gasteiger partial charge in [-0.05, 0) is 92.1 Å².